The van der Waals surface area contributed by atoms with E-state index in [1.54, 1.807) is 0 Å². The van der Waals surface area contributed by atoms with Crippen LogP contribution >= 0.6 is 0 Å². The Hall–Kier alpha value is -6.70. The molecule has 0 saturated carbocycles. The van der Waals surface area contributed by atoms with Gasteiger partial charge in [-0.1, -0.05) is 157 Å². The zero-order valence-corrected chi connectivity index (χ0v) is 25.4. The van der Waals surface area contributed by atoms with Crippen molar-refractivity contribution in [3.63, 3.8) is 0 Å². The highest BCUT2D eigenvalue weighted by Crippen LogP contribution is 2.47. The topological polar surface area (TPSA) is 13.1 Å². The highest BCUT2D eigenvalue weighted by atomic mass is 16.3. The van der Waals surface area contributed by atoms with Crippen molar-refractivity contribution in [2.75, 3.05) is 0 Å². The van der Waals surface area contributed by atoms with E-state index < -0.39 is 290 Å². The molecular weight excluding hydrogens is 617 g/mol. The van der Waals surface area contributed by atoms with Crippen LogP contribution in [0.5, 0.6) is 0 Å². The van der Waals surface area contributed by atoms with E-state index in [4.69, 9.17) is 27.7 Å². The minimum atomic E-state index is -1.14. The largest absolute Gasteiger partial charge is 0.456 e. The van der Waals surface area contributed by atoms with Gasteiger partial charge in [-0.3, -0.25) is 0 Å². The van der Waals surface area contributed by atoms with E-state index in [1.807, 2.05) is 0 Å². The van der Waals surface area contributed by atoms with Crippen molar-refractivity contribution in [1.29, 1.82) is 0 Å². The molecule has 0 unspecified atom stereocenters. The van der Waals surface area contributed by atoms with E-state index in [0.717, 1.165) is 0 Å². The van der Waals surface area contributed by atoms with E-state index in [9.17, 15) is 17.8 Å². The maximum Gasteiger partial charge on any atom is 0.136 e. The Morgan fingerprint density at radius 3 is 1.49 bits per heavy atom. The molecule has 236 valence electrons. The molecule has 11 aromatic rings. The highest BCUT2D eigenvalue weighted by molar-refractivity contribution is 6.25. The summed E-state index contributed by atoms with van der Waals surface area (Å²) in [7, 11) is 0. The van der Waals surface area contributed by atoms with Crippen LogP contribution in [0.3, 0.4) is 0 Å². The van der Waals surface area contributed by atoms with E-state index in [1.165, 1.54) is 0 Å². The lowest BCUT2D eigenvalue weighted by Gasteiger charge is -2.20. The fourth-order valence-electron chi connectivity index (χ4n) is 6.42. The van der Waals surface area contributed by atoms with Gasteiger partial charge in [-0.05, 0) is 111 Å². The lowest BCUT2D eigenvalue weighted by Crippen LogP contribution is -1.92. The second-order valence-electron chi connectivity index (χ2n) is 11.3. The SMILES string of the molecule is [2H]c1c(-c2c3c([2H])c([2H])c([2H])c([2H])c3c(-c3c([2H])c([2H])c(-c4c([2H])c([2H])c([2H])c5c([2H])c([2H])c([2H])c([2H])c45)c4c([2H])c([2H])c([2H])c([2H])c34)c3c([2H])c([2H])c([2H])c([2H])c23)c([2H])c2c(oc3c([2H])c4c([2H])c([2H])c([2H])c([2H])c4c([2H])c32)c1[2H]. The van der Waals surface area contributed by atoms with Crippen molar-refractivity contribution in [1.82, 2.24) is 0 Å². The second-order valence-corrected chi connectivity index (χ2v) is 11.3. The Balaban J connectivity index is 1.44. The molecule has 0 fully saturated rings. The van der Waals surface area contributed by atoms with Gasteiger partial charge in [0.05, 0.1) is 41.1 Å². The number of rotatable bonds is 3. The van der Waals surface area contributed by atoms with Crippen LogP contribution < -0.4 is 0 Å². The van der Waals surface area contributed by atoms with Crippen molar-refractivity contribution in [3.05, 3.63) is 181 Å². The van der Waals surface area contributed by atoms with Crippen LogP contribution in [-0.4, -0.2) is 0 Å². The first-order valence-corrected chi connectivity index (χ1v) is 15.2. The number of furan rings is 1. The van der Waals surface area contributed by atoms with Gasteiger partial charge in [0.15, 0.2) is 0 Å². The van der Waals surface area contributed by atoms with Gasteiger partial charge < -0.3 is 4.42 Å². The molecule has 51 heavy (non-hydrogen) atoms. The smallest absolute Gasteiger partial charge is 0.136 e. The Morgan fingerprint density at radius 1 is 0.294 bits per heavy atom. The van der Waals surface area contributed by atoms with Gasteiger partial charge in [-0.2, -0.15) is 0 Å². The van der Waals surface area contributed by atoms with Crippen molar-refractivity contribution in [2.45, 2.75) is 0 Å². The molecule has 0 N–H and O–H groups in total. The molecule has 0 radical (unpaired) electrons. The third-order valence-electron chi connectivity index (χ3n) is 8.57. The Kier molecular flexibility index (Phi) is 2.50. The standard InChI is InChI=1S/C50H30O/c1-2-14-33-30-48-46(28-32(33)13-1)45-29-34(24-27-47(45)51-48)49-40-19-7-9-21-42(40)50(43-22-10-8-20-41(43)49)44-26-25-39(37-17-5-6-18-38(37)44)36-23-11-15-31-12-3-4-16-35(31)36/h1-30H/i1D,2D,3D,4D,5D,6D,7D,8D,9D,10D,11D,12D,13D,14D,15D,16D,17D,18D,19D,20D,21D,22D,23D,24D,25D,26D,27D,28D,29D,30D. The van der Waals surface area contributed by atoms with Crippen LogP contribution in [0.2, 0.25) is 0 Å². The zero-order valence-electron chi connectivity index (χ0n) is 55.4. The average Bonchev–Trinajstić information content (AvgIpc) is 4.10. The van der Waals surface area contributed by atoms with Gasteiger partial charge in [0.1, 0.15) is 11.2 Å². The fraction of sp³-hybridized carbons (Fsp3) is 0. The maximum atomic E-state index is 9.95. The molecule has 1 nitrogen and oxygen atoms in total. The van der Waals surface area contributed by atoms with E-state index in [2.05, 4.69) is 0 Å². The third-order valence-corrected chi connectivity index (χ3v) is 8.57. The van der Waals surface area contributed by atoms with Gasteiger partial charge >= 0.3 is 0 Å². The molecule has 1 aromatic heterocycles. The van der Waals surface area contributed by atoms with Gasteiger partial charge in [0.25, 0.3) is 0 Å². The summed E-state index contributed by atoms with van der Waals surface area (Å²) in [6, 6.07) is -28.5. The molecule has 1 heterocycles. The first-order chi connectivity index (χ1) is 37.8. The predicted octanol–water partition coefficient (Wildman–Crippen LogP) is 14.4. The molecular formula is C50H30O. The van der Waals surface area contributed by atoms with E-state index in [-0.39, 0.29) is 0 Å². The van der Waals surface area contributed by atoms with Gasteiger partial charge in [0.2, 0.25) is 0 Å². The summed E-state index contributed by atoms with van der Waals surface area (Å²) in [5, 5.41) is -8.13. The van der Waals surface area contributed by atoms with Crippen LogP contribution in [0.1, 0.15) is 41.1 Å². The summed E-state index contributed by atoms with van der Waals surface area (Å²) in [4.78, 5) is 0. The van der Waals surface area contributed by atoms with Crippen molar-refractivity contribution in [3.8, 4) is 33.4 Å². The summed E-state index contributed by atoms with van der Waals surface area (Å²) in [5.41, 5.74) is -6.02. The number of benzene rings is 10. The monoisotopic (exact) mass is 676 g/mol. The van der Waals surface area contributed by atoms with Crippen molar-refractivity contribution < 1.29 is 45.5 Å². The molecule has 0 saturated heterocycles. The maximum absolute atomic E-state index is 9.95. The normalized spacial score (nSPS) is 20.2. The summed E-state index contributed by atoms with van der Waals surface area (Å²) in [6.07, 6.45) is 0. The summed E-state index contributed by atoms with van der Waals surface area (Å²) in [5.74, 6) is 0. The quantitative estimate of drug-likeness (QED) is 0.170. The lowest BCUT2D eigenvalue weighted by atomic mass is 9.83. The minimum Gasteiger partial charge on any atom is -0.456 e. The van der Waals surface area contributed by atoms with Gasteiger partial charge in [-0.15, -0.1) is 0 Å². The van der Waals surface area contributed by atoms with Crippen molar-refractivity contribution >= 4 is 75.8 Å². The van der Waals surface area contributed by atoms with Crippen LogP contribution in [-0.2, 0) is 0 Å². The van der Waals surface area contributed by atoms with E-state index >= 15 is 0 Å². The zero-order chi connectivity index (χ0) is 59.6. The fourth-order valence-corrected chi connectivity index (χ4v) is 6.42. The summed E-state index contributed by atoms with van der Waals surface area (Å²) < 4.78 is 279. The highest BCUT2D eigenvalue weighted by Gasteiger charge is 2.20. The second kappa shape index (κ2) is 10.9. The molecule has 1 heteroatoms. The van der Waals surface area contributed by atoms with Crippen LogP contribution in [0, 0.1) is 0 Å². The molecule has 10 aromatic carbocycles. The van der Waals surface area contributed by atoms with Crippen LogP contribution in [0.25, 0.3) is 109 Å². The molecule has 0 spiro atoms. The average molecular weight is 677 g/mol. The minimum absolute atomic E-state index is 0.468. The Labute approximate surface area is 336 Å². The predicted molar refractivity (Wildman–Crippen MR) is 218 cm³/mol. The molecule has 0 atom stereocenters. The van der Waals surface area contributed by atoms with Crippen molar-refractivity contribution in [2.24, 2.45) is 0 Å². The number of hydrogen-bond acceptors (Lipinski definition) is 1. The Bertz CT molecular complexity index is 4840. The molecule has 0 aliphatic rings. The summed E-state index contributed by atoms with van der Waals surface area (Å²) >= 11 is 0. The van der Waals surface area contributed by atoms with E-state index in [0.29, 0.717) is 0 Å². The molecule has 0 amide bonds. The first kappa shape index (κ1) is 11.7. The van der Waals surface area contributed by atoms with Gasteiger partial charge in [-0.25, -0.2) is 0 Å². The molecule has 0 bridgehead atoms. The molecule has 0 aliphatic carbocycles. The van der Waals surface area contributed by atoms with Crippen LogP contribution in [0.4, 0.5) is 0 Å². The number of fused-ring (bicyclic) bond motifs is 8. The lowest BCUT2D eigenvalue weighted by molar-refractivity contribution is 0.669. The molecule has 11 rings (SSSR count). The van der Waals surface area contributed by atoms with Gasteiger partial charge in [0, 0.05) is 10.8 Å². The summed E-state index contributed by atoms with van der Waals surface area (Å²) in [6.45, 7) is 0. The Morgan fingerprint density at radius 2 is 0.784 bits per heavy atom. The number of hydrogen-bond donors (Lipinski definition) is 0. The van der Waals surface area contributed by atoms with Crippen LogP contribution in [0.15, 0.2) is 186 Å². The first-order valence-electron chi connectivity index (χ1n) is 30.2. The molecule has 0 aliphatic heterocycles. The third kappa shape index (κ3) is 4.22.